The zero-order valence-corrected chi connectivity index (χ0v) is 10.4. The number of carbonyl (C=O) groups is 1. The molecule has 1 heterocycles. The van der Waals surface area contributed by atoms with Gasteiger partial charge in [0.1, 0.15) is 5.75 Å². The van der Waals surface area contributed by atoms with Crippen LogP contribution in [0.5, 0.6) is 5.75 Å². The molecule has 1 amide bonds. The molecule has 1 aliphatic rings. The van der Waals surface area contributed by atoms with Crippen LogP contribution in [0.3, 0.4) is 0 Å². The Kier molecular flexibility index (Phi) is 2.83. The van der Waals surface area contributed by atoms with Crippen LogP contribution >= 0.6 is 0 Å². The number of phenolic OH excluding ortho intramolecular Hbond substituents is 1. The lowest BCUT2D eigenvalue weighted by Crippen LogP contribution is -2.42. The van der Waals surface area contributed by atoms with Gasteiger partial charge in [0.05, 0.1) is 5.69 Å². The summed E-state index contributed by atoms with van der Waals surface area (Å²) < 4.78 is 0. The quantitative estimate of drug-likeness (QED) is 0.782. The van der Waals surface area contributed by atoms with Crippen LogP contribution in [0.1, 0.15) is 27.2 Å². The minimum Gasteiger partial charge on any atom is -0.508 e. The van der Waals surface area contributed by atoms with Gasteiger partial charge >= 0.3 is 0 Å². The van der Waals surface area contributed by atoms with Gasteiger partial charge < -0.3 is 5.11 Å². The van der Waals surface area contributed by atoms with Crippen molar-refractivity contribution >= 4 is 11.6 Å². The van der Waals surface area contributed by atoms with E-state index < -0.39 is 0 Å². The maximum Gasteiger partial charge on any atom is 0.243 e. The molecule has 0 saturated carbocycles. The van der Waals surface area contributed by atoms with E-state index in [-0.39, 0.29) is 23.1 Å². The highest BCUT2D eigenvalue weighted by atomic mass is 16.3. The summed E-state index contributed by atoms with van der Waals surface area (Å²) in [6.45, 7) is 6.33. The number of benzene rings is 1. The number of hydrazine groups is 1. The lowest BCUT2D eigenvalue weighted by atomic mass is 9.86. The summed E-state index contributed by atoms with van der Waals surface area (Å²) >= 11 is 0. The molecule has 4 nitrogen and oxygen atoms in total. The number of amides is 1. The molecule has 2 N–H and O–H groups in total. The van der Waals surface area contributed by atoms with Crippen LogP contribution in [-0.4, -0.2) is 17.1 Å². The van der Waals surface area contributed by atoms with E-state index in [0.717, 1.165) is 5.69 Å². The SMILES string of the molecule is CC(C)(C)C1CC(=O)N(c2ccc(O)cc2)N1. The lowest BCUT2D eigenvalue weighted by molar-refractivity contribution is -0.117. The summed E-state index contributed by atoms with van der Waals surface area (Å²) in [5, 5.41) is 10.8. The average molecular weight is 234 g/mol. The minimum absolute atomic E-state index is 0.0430. The molecule has 0 bridgehead atoms. The Hall–Kier alpha value is -1.55. The average Bonchev–Trinajstić information content (AvgIpc) is 2.61. The second-order valence-electron chi connectivity index (χ2n) is 5.50. The van der Waals surface area contributed by atoms with Crippen LogP contribution < -0.4 is 10.4 Å². The zero-order valence-electron chi connectivity index (χ0n) is 10.4. The first-order valence-electron chi connectivity index (χ1n) is 5.76. The number of phenols is 1. The van der Waals surface area contributed by atoms with Gasteiger partial charge in [-0.3, -0.25) is 4.79 Å². The van der Waals surface area contributed by atoms with Crippen molar-refractivity contribution in [3.8, 4) is 5.75 Å². The third-order valence-corrected chi connectivity index (χ3v) is 3.07. The summed E-state index contributed by atoms with van der Waals surface area (Å²) in [7, 11) is 0. The Balaban J connectivity index is 2.19. The molecule has 17 heavy (non-hydrogen) atoms. The van der Waals surface area contributed by atoms with Crippen molar-refractivity contribution in [3.05, 3.63) is 24.3 Å². The van der Waals surface area contributed by atoms with Crippen LogP contribution in [0.2, 0.25) is 0 Å². The first-order valence-corrected chi connectivity index (χ1v) is 5.76. The number of hydrogen-bond acceptors (Lipinski definition) is 3. The van der Waals surface area contributed by atoms with Gasteiger partial charge in [0.15, 0.2) is 0 Å². The summed E-state index contributed by atoms with van der Waals surface area (Å²) in [6.07, 6.45) is 0.504. The topological polar surface area (TPSA) is 52.6 Å². The zero-order chi connectivity index (χ0) is 12.6. The van der Waals surface area contributed by atoms with E-state index in [1.165, 1.54) is 0 Å². The van der Waals surface area contributed by atoms with Crippen LogP contribution in [-0.2, 0) is 4.79 Å². The van der Waals surface area contributed by atoms with Crippen molar-refractivity contribution in [2.45, 2.75) is 33.2 Å². The van der Waals surface area contributed by atoms with Gasteiger partial charge in [-0.15, -0.1) is 0 Å². The number of aromatic hydroxyl groups is 1. The number of nitrogens with one attached hydrogen (secondary N) is 1. The fourth-order valence-electron chi connectivity index (χ4n) is 1.86. The largest absolute Gasteiger partial charge is 0.508 e. The fourth-order valence-corrected chi connectivity index (χ4v) is 1.86. The maximum atomic E-state index is 11.9. The molecule has 2 rings (SSSR count). The smallest absolute Gasteiger partial charge is 0.243 e. The maximum absolute atomic E-state index is 11.9. The van der Waals surface area contributed by atoms with Gasteiger partial charge in [0, 0.05) is 12.5 Å². The van der Waals surface area contributed by atoms with E-state index in [1.54, 1.807) is 29.3 Å². The van der Waals surface area contributed by atoms with Crippen LogP contribution in [0.15, 0.2) is 24.3 Å². The number of rotatable bonds is 1. The molecule has 0 spiro atoms. The Bertz CT molecular complexity index is 420. The van der Waals surface area contributed by atoms with Crippen molar-refractivity contribution < 1.29 is 9.90 Å². The monoisotopic (exact) mass is 234 g/mol. The second-order valence-corrected chi connectivity index (χ2v) is 5.50. The van der Waals surface area contributed by atoms with Gasteiger partial charge in [0.2, 0.25) is 5.91 Å². The van der Waals surface area contributed by atoms with Gasteiger partial charge in [-0.2, -0.15) is 0 Å². The summed E-state index contributed by atoms with van der Waals surface area (Å²) in [4.78, 5) is 11.9. The highest BCUT2D eigenvalue weighted by Gasteiger charge is 2.37. The molecule has 1 aromatic carbocycles. The second kappa shape index (κ2) is 4.04. The minimum atomic E-state index is 0.0430. The molecule has 4 heteroatoms. The van der Waals surface area contributed by atoms with Gasteiger partial charge in [-0.25, -0.2) is 10.4 Å². The highest BCUT2D eigenvalue weighted by Crippen LogP contribution is 2.29. The Morgan fingerprint density at radius 1 is 1.29 bits per heavy atom. The standard InChI is InChI=1S/C13H18N2O2/c1-13(2,3)11-8-12(17)15(14-11)9-4-6-10(16)7-5-9/h4-7,11,14,16H,8H2,1-3H3. The van der Waals surface area contributed by atoms with Gasteiger partial charge in [0.25, 0.3) is 0 Å². The molecular weight excluding hydrogens is 216 g/mol. The molecule has 1 unspecified atom stereocenters. The highest BCUT2D eigenvalue weighted by molar-refractivity contribution is 5.95. The number of hydrogen-bond donors (Lipinski definition) is 2. The van der Waals surface area contributed by atoms with Gasteiger partial charge in [-0.1, -0.05) is 20.8 Å². The molecule has 0 radical (unpaired) electrons. The van der Waals surface area contributed by atoms with E-state index in [1.807, 2.05) is 0 Å². The van der Waals surface area contributed by atoms with Crippen LogP contribution in [0, 0.1) is 5.41 Å². The first kappa shape index (κ1) is 11.9. The van der Waals surface area contributed by atoms with Crippen molar-refractivity contribution in [2.24, 2.45) is 5.41 Å². The molecule has 0 aromatic heterocycles. The van der Waals surface area contributed by atoms with E-state index in [4.69, 9.17) is 0 Å². The van der Waals surface area contributed by atoms with E-state index in [0.29, 0.717) is 6.42 Å². The molecule has 1 aromatic rings. The predicted octanol–water partition coefficient (Wildman–Crippen LogP) is 2.05. The van der Waals surface area contributed by atoms with Crippen molar-refractivity contribution in [1.82, 2.24) is 5.43 Å². The summed E-state index contributed by atoms with van der Waals surface area (Å²) in [5.74, 6) is 0.267. The molecular formula is C13H18N2O2. The molecule has 92 valence electrons. The Morgan fingerprint density at radius 3 is 2.35 bits per heavy atom. The van der Waals surface area contributed by atoms with Crippen molar-refractivity contribution in [2.75, 3.05) is 5.01 Å². The molecule has 0 aliphatic carbocycles. The Morgan fingerprint density at radius 2 is 1.88 bits per heavy atom. The third kappa shape index (κ3) is 2.42. The fraction of sp³-hybridized carbons (Fsp3) is 0.462. The summed E-state index contributed by atoms with van der Waals surface area (Å²) in [5.41, 5.74) is 4.03. The van der Waals surface area contributed by atoms with Crippen molar-refractivity contribution in [1.29, 1.82) is 0 Å². The first-order chi connectivity index (χ1) is 7.88. The molecule has 1 atom stereocenters. The normalized spacial score (nSPS) is 21.0. The van der Waals surface area contributed by atoms with Crippen molar-refractivity contribution in [3.63, 3.8) is 0 Å². The Labute approximate surface area is 101 Å². The molecule has 1 saturated heterocycles. The van der Waals surface area contributed by atoms with E-state index >= 15 is 0 Å². The number of anilines is 1. The third-order valence-electron chi connectivity index (χ3n) is 3.07. The van der Waals surface area contributed by atoms with Crippen LogP contribution in [0.4, 0.5) is 5.69 Å². The number of carbonyl (C=O) groups excluding carboxylic acids is 1. The number of nitrogens with zero attached hydrogens (tertiary/aromatic N) is 1. The van der Waals surface area contributed by atoms with E-state index in [2.05, 4.69) is 26.2 Å². The predicted molar refractivity (Wildman–Crippen MR) is 66.6 cm³/mol. The van der Waals surface area contributed by atoms with Crippen LogP contribution in [0.25, 0.3) is 0 Å². The van der Waals surface area contributed by atoms with E-state index in [9.17, 15) is 9.90 Å². The summed E-state index contributed by atoms with van der Waals surface area (Å²) in [6, 6.07) is 6.75. The lowest BCUT2D eigenvalue weighted by Gasteiger charge is -2.27. The molecule has 1 fully saturated rings. The molecule has 1 aliphatic heterocycles. The van der Waals surface area contributed by atoms with Gasteiger partial charge in [-0.05, 0) is 29.7 Å².